The van der Waals surface area contributed by atoms with Crippen molar-refractivity contribution in [2.45, 2.75) is 64.8 Å². The van der Waals surface area contributed by atoms with Crippen LogP contribution in [0.25, 0.3) is 10.2 Å². The molecule has 4 saturated carbocycles. The quantitative estimate of drug-likeness (QED) is 0.793. The van der Waals surface area contributed by atoms with Crippen molar-refractivity contribution in [2.24, 2.45) is 23.2 Å². The second kappa shape index (κ2) is 6.01. The van der Waals surface area contributed by atoms with Crippen molar-refractivity contribution in [3.8, 4) is 0 Å². The van der Waals surface area contributed by atoms with E-state index >= 15 is 0 Å². The Kier molecular flexibility index (Phi) is 3.85. The van der Waals surface area contributed by atoms with Gasteiger partial charge in [0.15, 0.2) is 5.78 Å². The summed E-state index contributed by atoms with van der Waals surface area (Å²) in [6.07, 6.45) is 11.0. The Labute approximate surface area is 157 Å². The average Bonchev–Trinajstić information content (AvgIpc) is 3.00. The van der Waals surface area contributed by atoms with Gasteiger partial charge < -0.3 is 0 Å². The first kappa shape index (κ1) is 16.7. The molecule has 4 aliphatic carbocycles. The van der Waals surface area contributed by atoms with Gasteiger partial charge in [-0.05, 0) is 74.2 Å². The molecule has 4 bridgehead atoms. The summed E-state index contributed by atoms with van der Waals surface area (Å²) in [5.41, 5.74) is 0.176. The number of Topliss-reactive ketones (excluding diaryl/α,β-unsaturated/α-hetero) is 1. The van der Waals surface area contributed by atoms with E-state index in [9.17, 15) is 9.59 Å². The van der Waals surface area contributed by atoms with Gasteiger partial charge in [0.1, 0.15) is 4.83 Å². The van der Waals surface area contributed by atoms with Crippen LogP contribution in [0.3, 0.4) is 0 Å². The molecule has 0 N–H and O–H groups in total. The van der Waals surface area contributed by atoms with E-state index in [0.717, 1.165) is 29.0 Å². The van der Waals surface area contributed by atoms with Gasteiger partial charge in [0.2, 0.25) is 0 Å². The molecule has 0 atom stereocenters. The number of carbonyl (C=O) groups is 1. The molecule has 0 aliphatic heterocycles. The Hall–Kier alpha value is -1.49. The third kappa shape index (κ3) is 2.75. The van der Waals surface area contributed by atoms with E-state index in [1.54, 1.807) is 17.7 Å². The van der Waals surface area contributed by atoms with Crippen LogP contribution in [0.2, 0.25) is 0 Å². The molecule has 0 unspecified atom stereocenters. The maximum absolute atomic E-state index is 12.9. The highest BCUT2D eigenvalue weighted by Crippen LogP contribution is 2.61. The fraction of sp³-hybridized carbons (Fsp3) is 0.667. The Balaban J connectivity index is 1.35. The number of rotatable bonds is 5. The SMILES string of the molecule is CCc1cc2c(=O)n(CC(=O)CC34CC5CC(CC(C5)C3)C4)cnc2s1. The van der Waals surface area contributed by atoms with Crippen molar-refractivity contribution in [3.63, 3.8) is 0 Å². The van der Waals surface area contributed by atoms with Crippen molar-refractivity contribution in [1.29, 1.82) is 0 Å². The van der Waals surface area contributed by atoms with Crippen LogP contribution in [0.1, 0.15) is 56.7 Å². The Morgan fingerprint density at radius 3 is 2.50 bits per heavy atom. The molecule has 0 amide bonds. The van der Waals surface area contributed by atoms with Gasteiger partial charge >= 0.3 is 0 Å². The highest BCUT2D eigenvalue weighted by Gasteiger charge is 2.51. The van der Waals surface area contributed by atoms with Crippen molar-refractivity contribution in [2.75, 3.05) is 0 Å². The van der Waals surface area contributed by atoms with E-state index in [2.05, 4.69) is 11.9 Å². The zero-order chi connectivity index (χ0) is 17.9. The fourth-order valence-corrected chi connectivity index (χ4v) is 7.39. The summed E-state index contributed by atoms with van der Waals surface area (Å²) in [5.74, 6) is 2.77. The molecular weight excluding hydrogens is 344 g/mol. The number of hydrogen-bond acceptors (Lipinski definition) is 4. The molecule has 26 heavy (non-hydrogen) atoms. The molecule has 0 aromatic carbocycles. The molecule has 6 rings (SSSR count). The summed E-state index contributed by atoms with van der Waals surface area (Å²) in [4.78, 5) is 32.0. The lowest BCUT2D eigenvalue weighted by atomic mass is 9.48. The number of nitrogens with zero attached hydrogens (tertiary/aromatic N) is 2. The van der Waals surface area contributed by atoms with Gasteiger partial charge in [-0.25, -0.2) is 4.98 Å². The van der Waals surface area contributed by atoms with Gasteiger partial charge in [-0.2, -0.15) is 0 Å². The smallest absolute Gasteiger partial charge is 0.262 e. The van der Waals surface area contributed by atoms with Crippen LogP contribution in [-0.4, -0.2) is 15.3 Å². The van der Waals surface area contributed by atoms with Gasteiger partial charge in [-0.15, -0.1) is 11.3 Å². The number of fused-ring (bicyclic) bond motifs is 1. The number of carbonyl (C=O) groups excluding carboxylic acids is 1. The van der Waals surface area contributed by atoms with Gasteiger partial charge in [0.25, 0.3) is 5.56 Å². The molecule has 2 aromatic rings. The van der Waals surface area contributed by atoms with E-state index in [1.165, 1.54) is 48.0 Å². The van der Waals surface area contributed by atoms with Crippen molar-refractivity contribution >= 4 is 27.3 Å². The topological polar surface area (TPSA) is 52.0 Å². The molecule has 138 valence electrons. The van der Waals surface area contributed by atoms with Gasteiger partial charge in [0, 0.05) is 11.3 Å². The van der Waals surface area contributed by atoms with Crippen LogP contribution >= 0.6 is 11.3 Å². The van der Waals surface area contributed by atoms with Gasteiger partial charge in [-0.1, -0.05) is 6.92 Å². The molecule has 4 aliphatic rings. The molecule has 0 saturated heterocycles. The summed E-state index contributed by atoms with van der Waals surface area (Å²) >= 11 is 1.57. The molecule has 0 radical (unpaired) electrons. The lowest BCUT2D eigenvalue weighted by molar-refractivity contribution is -0.128. The van der Waals surface area contributed by atoms with E-state index < -0.39 is 0 Å². The monoisotopic (exact) mass is 370 g/mol. The predicted molar refractivity (Wildman–Crippen MR) is 103 cm³/mol. The van der Waals surface area contributed by atoms with E-state index in [0.29, 0.717) is 11.8 Å². The maximum atomic E-state index is 12.9. The summed E-state index contributed by atoms with van der Waals surface area (Å²) < 4.78 is 1.53. The zero-order valence-corrected chi connectivity index (χ0v) is 16.2. The molecule has 0 spiro atoms. The van der Waals surface area contributed by atoms with E-state index in [1.807, 2.05) is 6.07 Å². The summed E-state index contributed by atoms with van der Waals surface area (Å²) in [6.45, 7) is 2.26. The molecule has 4 nitrogen and oxygen atoms in total. The van der Waals surface area contributed by atoms with Crippen LogP contribution in [0.4, 0.5) is 0 Å². The van der Waals surface area contributed by atoms with Gasteiger partial charge in [-0.3, -0.25) is 14.2 Å². The third-order valence-corrected chi connectivity index (χ3v) is 8.19. The summed E-state index contributed by atoms with van der Waals surface area (Å²) in [5, 5.41) is 0.664. The molecule has 2 heterocycles. The van der Waals surface area contributed by atoms with Crippen molar-refractivity contribution in [3.05, 3.63) is 27.6 Å². The number of hydrogen-bond donors (Lipinski definition) is 0. The summed E-state index contributed by atoms with van der Waals surface area (Å²) in [7, 11) is 0. The molecule has 5 heteroatoms. The average molecular weight is 371 g/mol. The Morgan fingerprint density at radius 1 is 1.23 bits per heavy atom. The number of aryl methyl sites for hydroxylation is 1. The fourth-order valence-electron chi connectivity index (χ4n) is 6.47. The van der Waals surface area contributed by atoms with Crippen molar-refractivity contribution < 1.29 is 4.79 Å². The Morgan fingerprint density at radius 2 is 1.88 bits per heavy atom. The van der Waals surface area contributed by atoms with Crippen LogP contribution in [0, 0.1) is 23.2 Å². The van der Waals surface area contributed by atoms with Gasteiger partial charge in [0.05, 0.1) is 18.3 Å². The normalized spacial score (nSPS) is 32.4. The highest BCUT2D eigenvalue weighted by atomic mass is 32.1. The second-order valence-corrected chi connectivity index (χ2v) is 10.2. The maximum Gasteiger partial charge on any atom is 0.262 e. The van der Waals surface area contributed by atoms with E-state index in [-0.39, 0.29) is 23.3 Å². The number of ketones is 1. The molecule has 2 aromatic heterocycles. The standard InChI is InChI=1S/C21H26N2O2S/c1-2-17-6-18-19(26-17)22-12-23(20(18)25)11-16(24)10-21-7-13-3-14(8-21)5-15(4-13)9-21/h6,12-15H,2-5,7-11H2,1H3. The molecular formula is C21H26N2O2S. The largest absolute Gasteiger partial charge is 0.298 e. The first-order valence-electron chi connectivity index (χ1n) is 10.0. The first-order chi connectivity index (χ1) is 12.5. The minimum atomic E-state index is -0.0650. The van der Waals surface area contributed by atoms with Crippen molar-refractivity contribution in [1.82, 2.24) is 9.55 Å². The summed E-state index contributed by atoms with van der Waals surface area (Å²) in [6, 6.07) is 1.94. The van der Waals surface area contributed by atoms with Crippen LogP contribution in [0.5, 0.6) is 0 Å². The molecule has 4 fully saturated rings. The van der Waals surface area contributed by atoms with E-state index in [4.69, 9.17) is 0 Å². The lowest BCUT2D eigenvalue weighted by Gasteiger charge is -2.56. The minimum absolute atomic E-state index is 0.0650. The predicted octanol–water partition coefficient (Wildman–Crippen LogP) is 4.20. The third-order valence-electron chi connectivity index (χ3n) is 7.00. The van der Waals surface area contributed by atoms with Crippen LogP contribution in [-0.2, 0) is 17.8 Å². The van der Waals surface area contributed by atoms with Crippen LogP contribution in [0.15, 0.2) is 17.2 Å². The Bertz CT molecular complexity index is 890. The zero-order valence-electron chi connectivity index (χ0n) is 15.4. The van der Waals surface area contributed by atoms with Crippen LogP contribution < -0.4 is 5.56 Å². The highest BCUT2D eigenvalue weighted by molar-refractivity contribution is 7.18. The first-order valence-corrected chi connectivity index (χ1v) is 10.8. The number of thiophene rings is 1. The lowest BCUT2D eigenvalue weighted by Crippen LogP contribution is -2.47. The number of aromatic nitrogens is 2. The second-order valence-electron chi connectivity index (χ2n) is 9.10. The minimum Gasteiger partial charge on any atom is -0.298 e.